The van der Waals surface area contributed by atoms with E-state index in [2.05, 4.69) is 0 Å². The number of phenolic OH excluding ortho intramolecular Hbond substituents is 1. The third-order valence-corrected chi connectivity index (χ3v) is 6.38. The molecule has 3 aliphatic rings. The van der Waals surface area contributed by atoms with Gasteiger partial charge in [0.25, 0.3) is 0 Å². The van der Waals surface area contributed by atoms with Crippen LogP contribution in [0.2, 0.25) is 0 Å². The molecule has 5 atom stereocenters. The van der Waals surface area contributed by atoms with Crippen LogP contribution in [0, 0.1) is 29.6 Å². The topological polar surface area (TPSA) is 152 Å². The van der Waals surface area contributed by atoms with E-state index in [1.165, 1.54) is 12.1 Å². The second-order valence-corrected chi connectivity index (χ2v) is 7.85. The van der Waals surface area contributed by atoms with E-state index in [1.54, 1.807) is 0 Å². The molecule has 3 aliphatic carbocycles. The summed E-state index contributed by atoms with van der Waals surface area (Å²) in [6, 6.07) is 2.83. The summed E-state index contributed by atoms with van der Waals surface area (Å²) in [6.07, 6.45) is 0.481. The van der Waals surface area contributed by atoms with Crippen molar-refractivity contribution in [1.82, 2.24) is 0 Å². The van der Waals surface area contributed by atoms with E-state index in [4.69, 9.17) is 5.73 Å². The highest BCUT2D eigenvalue weighted by atomic mass is 16.3. The molecule has 2 saturated carbocycles. The minimum Gasteiger partial charge on any atom is -0.507 e. The molecule has 0 aliphatic heterocycles. The summed E-state index contributed by atoms with van der Waals surface area (Å²) in [4.78, 5) is 62.6. The number of primary amides is 1. The minimum atomic E-state index is -1.64. The normalized spacial score (nSPS) is 31.8. The maximum atomic E-state index is 13.1. The molecule has 2 fully saturated rings. The zero-order chi connectivity index (χ0) is 20.3. The van der Waals surface area contributed by atoms with Gasteiger partial charge in [0.15, 0.2) is 29.1 Å². The number of amides is 1. The van der Waals surface area contributed by atoms with Crippen LogP contribution >= 0.6 is 0 Å². The number of hydrogen-bond donors (Lipinski definition) is 3. The predicted molar refractivity (Wildman–Crippen MR) is 93.0 cm³/mol. The van der Waals surface area contributed by atoms with Gasteiger partial charge in [-0.25, -0.2) is 0 Å². The average Bonchev–Trinajstić information content (AvgIpc) is 2.60. The highest BCUT2D eigenvalue weighted by molar-refractivity contribution is 6.27. The Labute approximate surface area is 159 Å². The number of hydrogen-bond acceptors (Lipinski definition) is 7. The molecule has 5 unspecified atom stereocenters. The van der Waals surface area contributed by atoms with E-state index in [-0.39, 0.29) is 30.8 Å². The van der Waals surface area contributed by atoms with Crippen LogP contribution < -0.4 is 5.73 Å². The Balaban J connectivity index is 1.77. The van der Waals surface area contributed by atoms with Crippen LogP contribution in [0.4, 0.5) is 0 Å². The first-order valence-corrected chi connectivity index (χ1v) is 9.14. The maximum Gasteiger partial charge on any atom is 0.235 e. The van der Waals surface area contributed by atoms with Crippen molar-refractivity contribution in [3.63, 3.8) is 0 Å². The van der Waals surface area contributed by atoms with Crippen molar-refractivity contribution in [1.29, 1.82) is 0 Å². The van der Waals surface area contributed by atoms with Crippen LogP contribution in [0.1, 0.15) is 34.3 Å². The molecule has 146 valence electrons. The molecule has 4 N–H and O–H groups in total. The number of Topliss-reactive ketones (excluding diaryl/α,β-unsaturated/α-hetero) is 4. The number of rotatable bonds is 2. The Morgan fingerprint density at radius 3 is 2.36 bits per heavy atom. The highest BCUT2D eigenvalue weighted by Gasteiger charge is 2.57. The summed E-state index contributed by atoms with van der Waals surface area (Å²) in [6.45, 7) is -0.315. The largest absolute Gasteiger partial charge is 0.507 e. The second-order valence-electron chi connectivity index (χ2n) is 7.85. The number of carbonyl (C=O) groups excluding carboxylic acids is 5. The number of aliphatic hydroxyl groups excluding tert-OH is 1. The van der Waals surface area contributed by atoms with Crippen LogP contribution in [0.5, 0.6) is 5.75 Å². The molecule has 8 heteroatoms. The molecule has 8 nitrogen and oxygen atoms in total. The summed E-state index contributed by atoms with van der Waals surface area (Å²) < 4.78 is 0. The summed E-state index contributed by atoms with van der Waals surface area (Å²) in [5.41, 5.74) is 6.18. The number of fused-ring (bicyclic) bond motifs is 3. The maximum absolute atomic E-state index is 13.1. The number of benzene rings is 1. The van der Waals surface area contributed by atoms with Gasteiger partial charge in [-0.2, -0.15) is 0 Å². The molecule has 1 aromatic rings. The van der Waals surface area contributed by atoms with Crippen LogP contribution in [0.25, 0.3) is 0 Å². The zero-order valence-corrected chi connectivity index (χ0v) is 14.9. The van der Waals surface area contributed by atoms with E-state index in [0.29, 0.717) is 17.5 Å². The van der Waals surface area contributed by atoms with Crippen molar-refractivity contribution in [3.05, 3.63) is 28.8 Å². The average molecular weight is 385 g/mol. The Kier molecular flexibility index (Phi) is 4.19. The Hall–Kier alpha value is -2.87. The first kappa shape index (κ1) is 18.5. The van der Waals surface area contributed by atoms with E-state index in [1.807, 2.05) is 0 Å². The molecule has 0 heterocycles. The van der Waals surface area contributed by atoms with Gasteiger partial charge < -0.3 is 15.9 Å². The summed E-state index contributed by atoms with van der Waals surface area (Å²) >= 11 is 0. The van der Waals surface area contributed by atoms with Gasteiger partial charge in [0, 0.05) is 6.42 Å². The summed E-state index contributed by atoms with van der Waals surface area (Å²) in [5.74, 6) is -8.87. The lowest BCUT2D eigenvalue weighted by Gasteiger charge is -2.44. The molecule has 0 aromatic heterocycles. The number of carbonyl (C=O) groups is 5. The van der Waals surface area contributed by atoms with Crippen LogP contribution in [0.3, 0.4) is 0 Å². The SMILES string of the molecule is NC(=O)C1C(=O)CC2CC3Cc4c(CO)ccc(O)c4C(=O)C3C(=O)C2C1=O. The third kappa shape index (κ3) is 2.44. The van der Waals surface area contributed by atoms with Gasteiger partial charge in [0.1, 0.15) is 5.75 Å². The molecule has 1 amide bonds. The Morgan fingerprint density at radius 2 is 1.71 bits per heavy atom. The van der Waals surface area contributed by atoms with Crippen LogP contribution in [0.15, 0.2) is 12.1 Å². The first-order valence-electron chi connectivity index (χ1n) is 9.14. The van der Waals surface area contributed by atoms with Gasteiger partial charge in [-0.3, -0.25) is 24.0 Å². The fourth-order valence-electron chi connectivity index (χ4n) is 5.20. The molecule has 0 saturated heterocycles. The zero-order valence-electron chi connectivity index (χ0n) is 14.9. The lowest BCUT2D eigenvalue weighted by atomic mass is 9.56. The van der Waals surface area contributed by atoms with Gasteiger partial charge >= 0.3 is 0 Å². The van der Waals surface area contributed by atoms with Crippen molar-refractivity contribution in [2.45, 2.75) is 25.9 Å². The van der Waals surface area contributed by atoms with E-state index >= 15 is 0 Å². The number of ketones is 4. The fraction of sp³-hybridized carbons (Fsp3) is 0.450. The van der Waals surface area contributed by atoms with Crippen molar-refractivity contribution in [3.8, 4) is 5.75 Å². The molecular weight excluding hydrogens is 366 g/mol. The van der Waals surface area contributed by atoms with Gasteiger partial charge in [-0.15, -0.1) is 0 Å². The molecule has 4 rings (SSSR count). The third-order valence-electron chi connectivity index (χ3n) is 6.38. The molecule has 0 radical (unpaired) electrons. The number of aliphatic hydroxyl groups is 1. The number of aromatic hydroxyl groups is 1. The standard InChI is InChI=1S/C20H19NO7/c21-20(28)16-12(24)5-9-3-8-4-10-7(6-22)1-2-11(23)15(10)18(26)13(8)17(25)14(9)19(16)27/h1-2,8-9,13-14,16,22-23H,3-6H2,(H2,21,28). The molecule has 1 aromatic carbocycles. The lowest BCUT2D eigenvalue weighted by Crippen LogP contribution is -2.56. The van der Waals surface area contributed by atoms with E-state index < -0.39 is 58.6 Å². The lowest BCUT2D eigenvalue weighted by molar-refractivity contribution is -0.152. The molecule has 0 bridgehead atoms. The van der Waals surface area contributed by atoms with Crippen LogP contribution in [-0.2, 0) is 32.2 Å². The number of phenols is 1. The monoisotopic (exact) mass is 385 g/mol. The smallest absolute Gasteiger partial charge is 0.235 e. The van der Waals surface area contributed by atoms with Gasteiger partial charge in [-0.05, 0) is 41.9 Å². The fourth-order valence-corrected chi connectivity index (χ4v) is 5.20. The van der Waals surface area contributed by atoms with Crippen molar-refractivity contribution < 1.29 is 34.2 Å². The Bertz CT molecular complexity index is 950. The second kappa shape index (κ2) is 6.34. The summed E-state index contributed by atoms with van der Waals surface area (Å²) in [7, 11) is 0. The molecule has 0 spiro atoms. The highest BCUT2D eigenvalue weighted by Crippen LogP contribution is 2.48. The van der Waals surface area contributed by atoms with E-state index in [9.17, 15) is 34.2 Å². The van der Waals surface area contributed by atoms with Crippen molar-refractivity contribution in [2.24, 2.45) is 35.3 Å². The quantitative estimate of drug-likeness (QED) is 0.591. The minimum absolute atomic E-state index is 0.00499. The summed E-state index contributed by atoms with van der Waals surface area (Å²) in [5, 5.41) is 19.7. The molecule has 28 heavy (non-hydrogen) atoms. The van der Waals surface area contributed by atoms with E-state index in [0.717, 1.165) is 0 Å². The first-order chi connectivity index (χ1) is 13.3. The van der Waals surface area contributed by atoms with Crippen molar-refractivity contribution >= 4 is 29.0 Å². The number of nitrogens with two attached hydrogens (primary N) is 1. The predicted octanol–water partition coefficient (Wildman–Crippen LogP) is -0.296. The van der Waals surface area contributed by atoms with Gasteiger partial charge in [0.2, 0.25) is 5.91 Å². The van der Waals surface area contributed by atoms with Gasteiger partial charge in [0.05, 0.1) is 24.0 Å². The van der Waals surface area contributed by atoms with Crippen LogP contribution in [-0.4, -0.2) is 39.3 Å². The Morgan fingerprint density at radius 1 is 1.04 bits per heavy atom. The van der Waals surface area contributed by atoms with Gasteiger partial charge in [-0.1, -0.05) is 6.07 Å². The molecular formula is C20H19NO7. The van der Waals surface area contributed by atoms with Crippen molar-refractivity contribution in [2.75, 3.05) is 0 Å².